The quantitative estimate of drug-likeness (QED) is 0.855. The first kappa shape index (κ1) is 14.2. The van der Waals surface area contributed by atoms with Crippen molar-refractivity contribution >= 4 is 9.84 Å². The van der Waals surface area contributed by atoms with Crippen molar-refractivity contribution in [3.63, 3.8) is 0 Å². The van der Waals surface area contributed by atoms with Gasteiger partial charge in [-0.3, -0.25) is 0 Å². The van der Waals surface area contributed by atoms with Gasteiger partial charge in [0.1, 0.15) is 0 Å². The van der Waals surface area contributed by atoms with Gasteiger partial charge < -0.3 is 5.32 Å². The highest BCUT2D eigenvalue weighted by Gasteiger charge is 2.36. The van der Waals surface area contributed by atoms with Crippen molar-refractivity contribution in [1.29, 1.82) is 0 Å². The maximum atomic E-state index is 13.2. The Morgan fingerprint density at radius 3 is 2.50 bits per heavy atom. The number of sulfone groups is 1. The first-order valence-corrected chi connectivity index (χ1v) is 8.47. The number of hydrogen-bond acceptors (Lipinski definition) is 3. The van der Waals surface area contributed by atoms with Crippen LogP contribution in [-0.2, 0) is 9.84 Å². The van der Waals surface area contributed by atoms with E-state index in [0.29, 0.717) is 25.9 Å². The molecule has 0 aromatic carbocycles. The molecule has 1 saturated carbocycles. The Labute approximate surface area is 107 Å². The molecule has 0 aromatic heterocycles. The Balaban J connectivity index is 1.67. The number of hydrogen-bond donors (Lipinski definition) is 1. The zero-order valence-corrected chi connectivity index (χ0v) is 11.3. The van der Waals surface area contributed by atoms with Crippen LogP contribution in [0.15, 0.2) is 0 Å². The third-order valence-electron chi connectivity index (χ3n) is 3.93. The Morgan fingerprint density at radius 2 is 1.89 bits per heavy atom. The van der Waals surface area contributed by atoms with E-state index in [4.69, 9.17) is 0 Å². The summed E-state index contributed by atoms with van der Waals surface area (Å²) in [5.74, 6) is -1.77. The van der Waals surface area contributed by atoms with Crippen LogP contribution in [0.5, 0.6) is 0 Å². The van der Waals surface area contributed by atoms with E-state index >= 15 is 0 Å². The van der Waals surface area contributed by atoms with E-state index < -0.39 is 15.8 Å². The zero-order chi connectivity index (χ0) is 13.2. The van der Waals surface area contributed by atoms with Crippen molar-refractivity contribution in [2.75, 3.05) is 24.6 Å². The van der Waals surface area contributed by atoms with Crippen LogP contribution in [0.2, 0.25) is 0 Å². The smallest absolute Gasteiger partial charge is 0.248 e. The normalized spacial score (nSPS) is 34.6. The molecule has 2 aliphatic rings. The molecule has 18 heavy (non-hydrogen) atoms. The summed E-state index contributed by atoms with van der Waals surface area (Å²) in [5.41, 5.74) is 0. The molecule has 1 saturated heterocycles. The summed E-state index contributed by atoms with van der Waals surface area (Å²) in [7, 11) is -2.83. The summed E-state index contributed by atoms with van der Waals surface area (Å²) >= 11 is 0. The molecule has 1 heterocycles. The van der Waals surface area contributed by atoms with Crippen molar-refractivity contribution in [1.82, 2.24) is 5.32 Å². The second-order valence-electron chi connectivity index (χ2n) is 5.75. The Hall–Kier alpha value is -0.230. The minimum Gasteiger partial charge on any atom is -0.316 e. The largest absolute Gasteiger partial charge is 0.316 e. The molecule has 1 aliphatic heterocycles. The summed E-state index contributed by atoms with van der Waals surface area (Å²) in [4.78, 5) is 0. The fourth-order valence-corrected chi connectivity index (χ4v) is 4.84. The number of nitrogens with one attached hydrogen (secondary N) is 1. The second kappa shape index (κ2) is 5.41. The van der Waals surface area contributed by atoms with Crippen LogP contribution in [0.4, 0.5) is 8.78 Å². The van der Waals surface area contributed by atoms with Crippen molar-refractivity contribution in [2.24, 2.45) is 11.8 Å². The molecular weight excluding hydrogens is 260 g/mol. The third-order valence-corrected chi connectivity index (χ3v) is 5.77. The third kappa shape index (κ3) is 4.16. The molecule has 0 radical (unpaired) electrons. The zero-order valence-electron chi connectivity index (χ0n) is 10.5. The second-order valence-corrected chi connectivity index (χ2v) is 7.97. The SMILES string of the molecule is O=S1(=O)CCC(CNCC2CCCC(F)(F)C2)C1. The van der Waals surface area contributed by atoms with E-state index in [1.165, 1.54) is 0 Å². The highest BCUT2D eigenvalue weighted by Crippen LogP contribution is 2.36. The fraction of sp³-hybridized carbons (Fsp3) is 1.00. The molecule has 106 valence electrons. The average molecular weight is 281 g/mol. The molecule has 0 spiro atoms. The van der Waals surface area contributed by atoms with Gasteiger partial charge in [-0.25, -0.2) is 17.2 Å². The van der Waals surface area contributed by atoms with Crippen molar-refractivity contribution in [2.45, 2.75) is 38.0 Å². The Bertz CT molecular complexity index is 384. The maximum absolute atomic E-state index is 13.2. The van der Waals surface area contributed by atoms with Gasteiger partial charge in [0, 0.05) is 12.8 Å². The molecule has 1 N–H and O–H groups in total. The lowest BCUT2D eigenvalue weighted by atomic mass is 9.86. The van der Waals surface area contributed by atoms with Crippen LogP contribution in [0.25, 0.3) is 0 Å². The van der Waals surface area contributed by atoms with Gasteiger partial charge in [-0.1, -0.05) is 0 Å². The van der Waals surface area contributed by atoms with Crippen LogP contribution in [0.3, 0.4) is 0 Å². The molecule has 2 atom stereocenters. The van der Waals surface area contributed by atoms with E-state index in [1.54, 1.807) is 0 Å². The Morgan fingerprint density at radius 1 is 1.17 bits per heavy atom. The van der Waals surface area contributed by atoms with E-state index in [1.807, 2.05) is 0 Å². The molecule has 2 rings (SSSR count). The molecule has 3 nitrogen and oxygen atoms in total. The van der Waals surface area contributed by atoms with Gasteiger partial charge in [-0.2, -0.15) is 0 Å². The van der Waals surface area contributed by atoms with Crippen LogP contribution in [-0.4, -0.2) is 38.9 Å². The lowest BCUT2D eigenvalue weighted by Crippen LogP contribution is -2.34. The predicted molar refractivity (Wildman–Crippen MR) is 66.5 cm³/mol. The van der Waals surface area contributed by atoms with Gasteiger partial charge in [-0.15, -0.1) is 0 Å². The molecule has 0 bridgehead atoms. The van der Waals surface area contributed by atoms with E-state index in [-0.39, 0.29) is 36.2 Å². The monoisotopic (exact) mass is 281 g/mol. The standard InChI is InChI=1S/C12H21F2NO2S/c13-12(14)4-1-2-10(6-12)7-15-8-11-3-5-18(16,17)9-11/h10-11,15H,1-9H2. The maximum Gasteiger partial charge on any atom is 0.248 e. The van der Waals surface area contributed by atoms with Crippen molar-refractivity contribution in [3.05, 3.63) is 0 Å². The average Bonchev–Trinajstić information content (AvgIpc) is 2.57. The molecule has 2 fully saturated rings. The van der Waals surface area contributed by atoms with Crippen LogP contribution in [0, 0.1) is 11.8 Å². The topological polar surface area (TPSA) is 46.2 Å². The Kier molecular flexibility index (Phi) is 4.26. The van der Waals surface area contributed by atoms with Crippen LogP contribution < -0.4 is 5.32 Å². The van der Waals surface area contributed by atoms with E-state index in [0.717, 1.165) is 6.42 Å². The van der Waals surface area contributed by atoms with Gasteiger partial charge in [0.2, 0.25) is 5.92 Å². The van der Waals surface area contributed by atoms with Crippen LogP contribution >= 0.6 is 0 Å². The lowest BCUT2D eigenvalue weighted by Gasteiger charge is -2.29. The van der Waals surface area contributed by atoms with Gasteiger partial charge in [-0.05, 0) is 44.2 Å². The summed E-state index contributed by atoms with van der Waals surface area (Å²) in [6, 6.07) is 0. The number of halogens is 2. The predicted octanol–water partition coefficient (Wildman–Crippen LogP) is 1.84. The first-order chi connectivity index (χ1) is 8.36. The fourth-order valence-electron chi connectivity index (χ4n) is 2.97. The van der Waals surface area contributed by atoms with Gasteiger partial charge in [0.15, 0.2) is 9.84 Å². The van der Waals surface area contributed by atoms with E-state index in [9.17, 15) is 17.2 Å². The van der Waals surface area contributed by atoms with Crippen molar-refractivity contribution < 1.29 is 17.2 Å². The molecule has 6 heteroatoms. The number of rotatable bonds is 4. The summed E-state index contributed by atoms with van der Waals surface area (Å²) in [6.07, 6.45) is 2.15. The van der Waals surface area contributed by atoms with Crippen molar-refractivity contribution in [3.8, 4) is 0 Å². The van der Waals surface area contributed by atoms with Gasteiger partial charge >= 0.3 is 0 Å². The van der Waals surface area contributed by atoms with E-state index in [2.05, 4.69) is 5.32 Å². The molecule has 0 amide bonds. The summed E-state index contributed by atoms with van der Waals surface area (Å²) in [5, 5.41) is 3.17. The number of alkyl halides is 2. The molecule has 1 aliphatic carbocycles. The summed E-state index contributed by atoms with van der Waals surface area (Å²) in [6.45, 7) is 1.23. The highest BCUT2D eigenvalue weighted by molar-refractivity contribution is 7.91. The molecule has 0 aromatic rings. The summed E-state index contributed by atoms with van der Waals surface area (Å²) < 4.78 is 48.9. The minimum absolute atomic E-state index is 0.0182. The first-order valence-electron chi connectivity index (χ1n) is 6.65. The minimum atomic E-state index is -2.83. The van der Waals surface area contributed by atoms with Crippen LogP contribution in [0.1, 0.15) is 32.1 Å². The van der Waals surface area contributed by atoms with Gasteiger partial charge in [0.25, 0.3) is 0 Å². The highest BCUT2D eigenvalue weighted by atomic mass is 32.2. The lowest BCUT2D eigenvalue weighted by molar-refractivity contribution is -0.0520. The molecular formula is C12H21F2NO2S. The van der Waals surface area contributed by atoms with Gasteiger partial charge in [0.05, 0.1) is 11.5 Å². The molecule has 2 unspecified atom stereocenters.